The van der Waals surface area contributed by atoms with Crippen LogP contribution < -0.4 is 0 Å². The molecular formula is C33H50O8S. The van der Waals surface area contributed by atoms with E-state index >= 15 is 0 Å². The van der Waals surface area contributed by atoms with Gasteiger partial charge in [0, 0.05) is 31.5 Å². The third-order valence-electron chi connectivity index (χ3n) is 6.34. The van der Waals surface area contributed by atoms with E-state index in [1.807, 2.05) is 37.3 Å². The van der Waals surface area contributed by atoms with Gasteiger partial charge in [0.05, 0.1) is 25.4 Å². The smallest absolute Gasteiger partial charge is 0.309 e. The summed E-state index contributed by atoms with van der Waals surface area (Å²) in [4.78, 5) is 49.5. The van der Waals surface area contributed by atoms with Gasteiger partial charge in [-0.2, -0.15) is 11.8 Å². The number of esters is 3. The molecule has 0 saturated heterocycles. The number of unbranched alkanes of at least 4 members (excludes halogenated alkanes) is 2. The Morgan fingerprint density at radius 3 is 2.10 bits per heavy atom. The molecule has 0 heterocycles. The molecular weight excluding hydrogens is 556 g/mol. The van der Waals surface area contributed by atoms with E-state index in [2.05, 4.69) is 19.1 Å². The Balaban J connectivity index is 2.54. The summed E-state index contributed by atoms with van der Waals surface area (Å²) in [5.74, 6) is -0.106. The molecule has 0 aliphatic carbocycles. The number of rotatable bonds is 23. The van der Waals surface area contributed by atoms with E-state index in [1.165, 1.54) is 12.5 Å². The Morgan fingerprint density at radius 2 is 1.45 bits per heavy atom. The molecule has 1 rings (SSSR count). The molecule has 0 aromatic heterocycles. The summed E-state index contributed by atoms with van der Waals surface area (Å²) in [7, 11) is 1.56. The van der Waals surface area contributed by atoms with Crippen molar-refractivity contribution < 1.29 is 38.1 Å². The van der Waals surface area contributed by atoms with Crippen LogP contribution in [0.15, 0.2) is 42.5 Å². The SMILES string of the molecule is CCCC=CCC(CC(C)=O)OC(=O)CC(CCCC)OC(=O)CC(C)OC(=O)CC(CSCc1ccccc1)OC. The molecule has 0 amide bonds. The van der Waals surface area contributed by atoms with Crippen molar-refractivity contribution in [3.8, 4) is 0 Å². The average Bonchev–Trinajstić information content (AvgIpc) is 2.93. The largest absolute Gasteiger partial charge is 0.462 e. The maximum absolute atomic E-state index is 12.7. The fraction of sp³-hybridized carbons (Fsp3) is 0.636. The zero-order valence-electron chi connectivity index (χ0n) is 26.0. The van der Waals surface area contributed by atoms with Crippen LogP contribution >= 0.6 is 11.8 Å². The topological polar surface area (TPSA) is 105 Å². The van der Waals surface area contributed by atoms with Gasteiger partial charge in [-0.15, -0.1) is 0 Å². The van der Waals surface area contributed by atoms with E-state index in [0.717, 1.165) is 31.4 Å². The van der Waals surface area contributed by atoms with E-state index in [0.29, 0.717) is 18.6 Å². The van der Waals surface area contributed by atoms with Crippen LogP contribution in [0.5, 0.6) is 0 Å². The van der Waals surface area contributed by atoms with E-state index in [1.54, 1.807) is 25.8 Å². The summed E-state index contributed by atoms with van der Waals surface area (Å²) in [6.45, 7) is 7.19. The molecule has 0 N–H and O–H groups in total. The predicted octanol–water partition coefficient (Wildman–Crippen LogP) is 6.78. The van der Waals surface area contributed by atoms with Crippen molar-refractivity contribution >= 4 is 35.5 Å². The van der Waals surface area contributed by atoms with Gasteiger partial charge in [-0.1, -0.05) is 75.6 Å². The van der Waals surface area contributed by atoms with Crippen molar-refractivity contribution in [3.63, 3.8) is 0 Å². The Morgan fingerprint density at radius 1 is 0.810 bits per heavy atom. The number of methoxy groups -OCH3 is 1. The summed E-state index contributed by atoms with van der Waals surface area (Å²) >= 11 is 1.68. The number of ketones is 1. The second-order valence-electron chi connectivity index (χ2n) is 10.5. The Kier molecular flexibility index (Phi) is 20.4. The van der Waals surface area contributed by atoms with Crippen molar-refractivity contribution in [2.24, 2.45) is 0 Å². The minimum Gasteiger partial charge on any atom is -0.462 e. The van der Waals surface area contributed by atoms with Crippen LogP contribution in [0.3, 0.4) is 0 Å². The number of thioether (sulfide) groups is 1. The van der Waals surface area contributed by atoms with Gasteiger partial charge in [0.2, 0.25) is 0 Å². The number of ether oxygens (including phenoxy) is 4. The monoisotopic (exact) mass is 606 g/mol. The molecule has 0 aliphatic heterocycles. The number of allylic oxidation sites excluding steroid dienone is 1. The number of Topliss-reactive ketones (excluding diaryl/α,β-unsaturated/α-hetero) is 1. The van der Waals surface area contributed by atoms with Crippen molar-refractivity contribution in [1.29, 1.82) is 0 Å². The van der Waals surface area contributed by atoms with Crippen LogP contribution in [0.25, 0.3) is 0 Å². The van der Waals surface area contributed by atoms with Crippen LogP contribution in [0.1, 0.15) is 97.5 Å². The molecule has 0 saturated carbocycles. The van der Waals surface area contributed by atoms with Gasteiger partial charge in [0.25, 0.3) is 0 Å². The Hall–Kier alpha value is -2.65. The van der Waals surface area contributed by atoms with Crippen molar-refractivity contribution in [2.45, 2.75) is 122 Å². The molecule has 4 atom stereocenters. The van der Waals surface area contributed by atoms with Crippen molar-refractivity contribution in [3.05, 3.63) is 48.0 Å². The lowest BCUT2D eigenvalue weighted by Gasteiger charge is -2.21. The minimum absolute atomic E-state index is 0.0584. The standard InChI is InChI=1S/C33H50O8S/c1-6-8-10-14-18-28(19-25(3)34)40-33(37)21-29(17-9-7-2)41-31(35)20-26(4)39-32(36)22-30(38-5)24-42-23-27-15-12-11-13-16-27/h10-16,26,28-30H,6-9,17-24H2,1-5H3. The number of hydrogen-bond donors (Lipinski definition) is 0. The number of hydrogen-bond acceptors (Lipinski definition) is 9. The first-order valence-corrected chi connectivity index (χ1v) is 16.2. The van der Waals surface area contributed by atoms with E-state index in [-0.39, 0.29) is 37.6 Å². The number of benzene rings is 1. The molecule has 1 aromatic carbocycles. The Bertz CT molecular complexity index is 949. The molecule has 236 valence electrons. The third kappa shape index (κ3) is 18.7. The zero-order valence-corrected chi connectivity index (χ0v) is 26.8. The lowest BCUT2D eigenvalue weighted by molar-refractivity contribution is -0.161. The highest BCUT2D eigenvalue weighted by molar-refractivity contribution is 7.98. The molecule has 42 heavy (non-hydrogen) atoms. The van der Waals surface area contributed by atoms with Gasteiger partial charge in [0.15, 0.2) is 0 Å². The normalized spacial score (nSPS) is 14.1. The van der Waals surface area contributed by atoms with Gasteiger partial charge < -0.3 is 18.9 Å². The second kappa shape index (κ2) is 22.9. The van der Waals surface area contributed by atoms with Crippen LogP contribution in [0.2, 0.25) is 0 Å². The summed E-state index contributed by atoms with van der Waals surface area (Å²) in [6, 6.07) is 10.1. The summed E-state index contributed by atoms with van der Waals surface area (Å²) in [5, 5.41) is 0. The van der Waals surface area contributed by atoms with Crippen LogP contribution in [-0.2, 0) is 43.9 Å². The number of carbonyl (C=O) groups excluding carboxylic acids is 4. The molecule has 0 fully saturated rings. The van der Waals surface area contributed by atoms with E-state index in [9.17, 15) is 19.2 Å². The molecule has 0 radical (unpaired) electrons. The van der Waals surface area contributed by atoms with Crippen molar-refractivity contribution in [1.82, 2.24) is 0 Å². The summed E-state index contributed by atoms with van der Waals surface area (Å²) in [5.41, 5.74) is 1.20. The van der Waals surface area contributed by atoms with Gasteiger partial charge in [0.1, 0.15) is 24.1 Å². The summed E-state index contributed by atoms with van der Waals surface area (Å²) in [6.07, 6.45) is 6.31. The van der Waals surface area contributed by atoms with Gasteiger partial charge >= 0.3 is 17.9 Å². The van der Waals surface area contributed by atoms with Gasteiger partial charge in [-0.25, -0.2) is 0 Å². The minimum atomic E-state index is -0.687. The molecule has 9 heteroatoms. The molecule has 8 nitrogen and oxygen atoms in total. The zero-order chi connectivity index (χ0) is 31.2. The van der Waals surface area contributed by atoms with Gasteiger partial charge in [-0.3, -0.25) is 19.2 Å². The molecule has 4 unspecified atom stereocenters. The van der Waals surface area contributed by atoms with E-state index < -0.39 is 36.2 Å². The highest BCUT2D eigenvalue weighted by atomic mass is 32.2. The molecule has 0 bridgehead atoms. The first-order chi connectivity index (χ1) is 20.2. The predicted molar refractivity (Wildman–Crippen MR) is 166 cm³/mol. The average molecular weight is 607 g/mol. The first kappa shape index (κ1) is 37.4. The maximum atomic E-state index is 12.7. The number of carbonyl (C=O) groups is 4. The van der Waals surface area contributed by atoms with Crippen LogP contribution in [-0.4, -0.2) is 61.0 Å². The fourth-order valence-electron chi connectivity index (χ4n) is 4.14. The first-order valence-electron chi connectivity index (χ1n) is 15.0. The van der Waals surface area contributed by atoms with Crippen molar-refractivity contribution in [2.75, 3.05) is 12.9 Å². The summed E-state index contributed by atoms with van der Waals surface area (Å²) < 4.78 is 22.1. The molecule has 0 aliphatic rings. The van der Waals surface area contributed by atoms with Gasteiger partial charge in [-0.05, 0) is 32.3 Å². The lowest BCUT2D eigenvalue weighted by Crippen LogP contribution is -2.29. The highest BCUT2D eigenvalue weighted by Crippen LogP contribution is 2.18. The van der Waals surface area contributed by atoms with E-state index in [4.69, 9.17) is 18.9 Å². The second-order valence-corrected chi connectivity index (χ2v) is 11.6. The highest BCUT2D eigenvalue weighted by Gasteiger charge is 2.24. The van der Waals surface area contributed by atoms with Crippen LogP contribution in [0.4, 0.5) is 0 Å². The quantitative estimate of drug-likeness (QED) is 0.0757. The lowest BCUT2D eigenvalue weighted by atomic mass is 10.1. The fourth-order valence-corrected chi connectivity index (χ4v) is 5.20. The maximum Gasteiger partial charge on any atom is 0.309 e. The molecule has 0 spiro atoms. The third-order valence-corrected chi connectivity index (χ3v) is 7.48. The molecule has 1 aromatic rings. The van der Waals surface area contributed by atoms with Crippen LogP contribution in [0, 0.1) is 0 Å². The Labute approximate surface area is 256 Å².